The van der Waals surface area contributed by atoms with Gasteiger partial charge >= 0.3 is 12.1 Å². The first-order valence-electron chi connectivity index (χ1n) is 15.7. The van der Waals surface area contributed by atoms with E-state index in [9.17, 15) is 14.4 Å². The molecule has 2 aromatic carbocycles. The third-order valence-electron chi connectivity index (χ3n) is 8.65. The second-order valence-corrected chi connectivity index (χ2v) is 13.2. The van der Waals surface area contributed by atoms with Crippen LogP contribution in [0.4, 0.5) is 19.4 Å². The highest BCUT2D eigenvalue weighted by Crippen LogP contribution is 2.38. The number of anilines is 1. The molecule has 1 amide bonds. The molecule has 0 bridgehead atoms. The van der Waals surface area contributed by atoms with Gasteiger partial charge in [-0.3, -0.25) is 9.88 Å². The lowest BCUT2D eigenvalue weighted by Gasteiger charge is -2.41. The maximum absolute atomic E-state index is 16.7. The maximum Gasteiger partial charge on any atom is 0.410 e. The van der Waals surface area contributed by atoms with E-state index < -0.39 is 29.4 Å². The highest BCUT2D eigenvalue weighted by molar-refractivity contribution is 6.36. The van der Waals surface area contributed by atoms with Crippen LogP contribution >= 0.6 is 11.6 Å². The number of nitrogens with zero attached hydrogens (tertiary/aromatic N) is 7. The van der Waals surface area contributed by atoms with E-state index in [0.29, 0.717) is 40.7 Å². The number of benzene rings is 2. The second-order valence-electron chi connectivity index (χ2n) is 12.8. The maximum atomic E-state index is 16.7. The molecule has 2 aliphatic heterocycles. The van der Waals surface area contributed by atoms with E-state index >= 15 is 4.39 Å². The van der Waals surface area contributed by atoms with E-state index in [1.165, 1.54) is 12.3 Å². The number of likely N-dealkylation sites (N-methyl/N-ethyl adjacent to an activating group) is 1. The van der Waals surface area contributed by atoms with Crippen LogP contribution in [0.25, 0.3) is 32.9 Å². The van der Waals surface area contributed by atoms with Crippen molar-refractivity contribution in [3.8, 4) is 23.3 Å². The minimum absolute atomic E-state index is 0.0000882. The van der Waals surface area contributed by atoms with Crippen molar-refractivity contribution < 1.29 is 23.0 Å². The highest BCUT2D eigenvalue weighted by atomic mass is 35.5. The number of nitriles is 1. The normalized spacial score (nSPS) is 18.7. The zero-order valence-corrected chi connectivity index (χ0v) is 27.5. The minimum Gasteiger partial charge on any atom is -0.462 e. The van der Waals surface area contributed by atoms with Gasteiger partial charge in [-0.15, -0.1) is 0 Å². The molecule has 4 heterocycles. The van der Waals surface area contributed by atoms with Crippen LogP contribution < -0.4 is 9.64 Å². The number of aromatic nitrogens is 3. The molecule has 0 radical (unpaired) electrons. The Kier molecular flexibility index (Phi) is 9.05. The Morgan fingerprint density at radius 2 is 1.94 bits per heavy atom. The van der Waals surface area contributed by atoms with Crippen molar-refractivity contribution in [2.24, 2.45) is 0 Å². The summed E-state index contributed by atoms with van der Waals surface area (Å²) in [5, 5.41) is 10.8. The van der Waals surface area contributed by atoms with Gasteiger partial charge in [0.15, 0.2) is 5.82 Å². The largest absolute Gasteiger partial charge is 0.462 e. The van der Waals surface area contributed by atoms with Crippen molar-refractivity contribution in [1.82, 2.24) is 24.8 Å². The van der Waals surface area contributed by atoms with E-state index in [4.69, 9.17) is 26.1 Å². The van der Waals surface area contributed by atoms with Crippen LogP contribution in [-0.2, 0) is 4.74 Å². The van der Waals surface area contributed by atoms with Gasteiger partial charge in [0.25, 0.3) is 0 Å². The van der Waals surface area contributed by atoms with Gasteiger partial charge < -0.3 is 19.3 Å². The summed E-state index contributed by atoms with van der Waals surface area (Å²) in [6.07, 6.45) is 2.02. The fourth-order valence-electron chi connectivity index (χ4n) is 6.18. The smallest absolute Gasteiger partial charge is 0.410 e. The van der Waals surface area contributed by atoms with E-state index in [-0.39, 0.29) is 47.8 Å². The first-order chi connectivity index (χ1) is 22.5. The average molecular weight is 664 g/mol. The summed E-state index contributed by atoms with van der Waals surface area (Å²) in [7, 11) is 0. The van der Waals surface area contributed by atoms with Crippen LogP contribution in [0, 0.1) is 23.0 Å². The molecule has 2 fully saturated rings. The van der Waals surface area contributed by atoms with Gasteiger partial charge in [0.05, 0.1) is 28.9 Å². The second kappa shape index (κ2) is 13.0. The Bertz CT molecular complexity index is 1880. The predicted molar refractivity (Wildman–Crippen MR) is 176 cm³/mol. The van der Waals surface area contributed by atoms with Crippen molar-refractivity contribution >= 4 is 45.2 Å². The number of rotatable bonds is 7. The molecule has 47 heavy (non-hydrogen) atoms. The lowest BCUT2D eigenvalue weighted by atomic mass is 10.0. The molecule has 0 aliphatic carbocycles. The molecule has 0 unspecified atom stereocenters. The lowest BCUT2D eigenvalue weighted by molar-refractivity contribution is 0.0145. The van der Waals surface area contributed by atoms with Gasteiger partial charge in [0.2, 0.25) is 0 Å². The fraction of sp³-hybridized carbons (Fsp3) is 0.441. The zero-order valence-electron chi connectivity index (χ0n) is 26.8. The summed E-state index contributed by atoms with van der Waals surface area (Å²) < 4.78 is 42.9. The molecule has 6 rings (SSSR count). The molecule has 10 nitrogen and oxygen atoms in total. The Morgan fingerprint density at radius 3 is 2.64 bits per heavy atom. The summed E-state index contributed by atoms with van der Waals surface area (Å²) in [5.41, 5.74) is -0.441. The molecule has 2 aromatic heterocycles. The van der Waals surface area contributed by atoms with E-state index in [1.54, 1.807) is 49.9 Å². The molecule has 2 saturated heterocycles. The van der Waals surface area contributed by atoms with Crippen LogP contribution in [0.15, 0.2) is 36.5 Å². The number of hydrogen-bond acceptors (Lipinski definition) is 9. The lowest BCUT2D eigenvalue weighted by Crippen LogP contribution is -2.56. The predicted octanol–water partition coefficient (Wildman–Crippen LogP) is 6.59. The van der Waals surface area contributed by atoms with Gasteiger partial charge in [0, 0.05) is 49.4 Å². The Labute approximate surface area is 276 Å². The number of likely N-dealkylation sites (tertiary alicyclic amines) is 1. The number of piperazine rings is 1. The Balaban J connectivity index is 1.43. The number of carbonyl (C=O) groups excluding carboxylic acids is 1. The zero-order chi connectivity index (χ0) is 33.5. The van der Waals surface area contributed by atoms with Crippen molar-refractivity contribution in [1.29, 1.82) is 5.26 Å². The summed E-state index contributed by atoms with van der Waals surface area (Å²) in [6.45, 7) is 10.5. The molecule has 13 heteroatoms. The number of halogens is 3. The number of ether oxygens (including phenoxy) is 2. The standard InChI is InChI=1S/C34H36ClF2N7O3/c1-5-42-14-12-22(42)19-46-32-40-30-24(17-39-29(28(30)37)23-8-6-7-20-9-10-25(36)27(35)26(20)23)31(41-32)43-15-16-44(21(18-43)11-13-38)33(45)47-34(2,3)4/h6-10,17,21-22H,5,11-12,14-16,18-19H2,1-4H3/t21-,22+/m0/s1. The first-order valence-corrected chi connectivity index (χ1v) is 16.1. The van der Waals surface area contributed by atoms with Gasteiger partial charge in [-0.1, -0.05) is 42.8 Å². The van der Waals surface area contributed by atoms with Crippen LogP contribution in [-0.4, -0.2) is 87.9 Å². The molecule has 246 valence electrons. The van der Waals surface area contributed by atoms with Crippen LogP contribution in [0.3, 0.4) is 0 Å². The molecular formula is C34H36ClF2N7O3. The van der Waals surface area contributed by atoms with Gasteiger partial charge in [-0.05, 0) is 45.2 Å². The van der Waals surface area contributed by atoms with Gasteiger partial charge in [-0.2, -0.15) is 15.2 Å². The molecule has 2 aliphatic rings. The van der Waals surface area contributed by atoms with Crippen LogP contribution in [0.2, 0.25) is 5.02 Å². The third-order valence-corrected chi connectivity index (χ3v) is 9.02. The molecule has 0 N–H and O–H groups in total. The average Bonchev–Trinajstić information content (AvgIpc) is 3.02. The molecule has 4 aromatic rings. The van der Waals surface area contributed by atoms with Crippen molar-refractivity contribution in [3.63, 3.8) is 0 Å². The number of hydrogen-bond donors (Lipinski definition) is 0. The molecular weight excluding hydrogens is 628 g/mol. The summed E-state index contributed by atoms with van der Waals surface area (Å²) in [6, 6.07) is 9.86. The van der Waals surface area contributed by atoms with Crippen molar-refractivity contribution in [2.45, 2.75) is 58.2 Å². The number of carbonyl (C=O) groups is 1. The van der Waals surface area contributed by atoms with Crippen LogP contribution in [0.1, 0.15) is 40.5 Å². The SMILES string of the molecule is CCN1CC[C@@H]1COc1nc(N2CCN(C(=O)OC(C)(C)C)[C@@H](CC#N)C2)c2cnc(-c3cccc4ccc(F)c(Cl)c34)c(F)c2n1. The van der Waals surface area contributed by atoms with Crippen LogP contribution in [0.5, 0.6) is 6.01 Å². The van der Waals surface area contributed by atoms with Crippen molar-refractivity contribution in [3.05, 3.63) is 53.2 Å². The first kappa shape index (κ1) is 32.6. The summed E-state index contributed by atoms with van der Waals surface area (Å²) in [4.78, 5) is 32.5. The highest BCUT2D eigenvalue weighted by Gasteiger charge is 2.35. The minimum atomic E-state index is -0.733. The van der Waals surface area contributed by atoms with Gasteiger partial charge in [-0.25, -0.2) is 13.6 Å². The summed E-state index contributed by atoms with van der Waals surface area (Å²) in [5.74, 6) is -0.982. The van der Waals surface area contributed by atoms with E-state index in [0.717, 1.165) is 19.5 Å². The molecule has 0 saturated carbocycles. The molecule has 0 spiro atoms. The quantitative estimate of drug-likeness (QED) is 0.216. The Hall–Kier alpha value is -4.34. The topological polar surface area (TPSA) is 108 Å². The number of amides is 1. The van der Waals surface area contributed by atoms with Crippen molar-refractivity contribution in [2.75, 3.05) is 44.2 Å². The van der Waals surface area contributed by atoms with E-state index in [1.807, 2.05) is 4.90 Å². The molecule has 2 atom stereocenters. The monoisotopic (exact) mass is 663 g/mol. The third kappa shape index (κ3) is 6.47. The number of pyridine rings is 1. The Morgan fingerprint density at radius 1 is 1.13 bits per heavy atom. The fourth-order valence-corrected chi connectivity index (χ4v) is 6.45. The number of fused-ring (bicyclic) bond motifs is 2. The summed E-state index contributed by atoms with van der Waals surface area (Å²) >= 11 is 6.38. The van der Waals surface area contributed by atoms with E-state index in [2.05, 4.69) is 27.9 Å². The van der Waals surface area contributed by atoms with Gasteiger partial charge in [0.1, 0.15) is 35.1 Å².